The fourth-order valence-corrected chi connectivity index (χ4v) is 2.04. The first kappa shape index (κ1) is 13.2. The molecular formula is C12H16BrNO2. The average Bonchev–Trinajstić information content (AvgIpc) is 2.16. The number of hydrogen-bond acceptors (Lipinski definition) is 3. The van der Waals surface area contributed by atoms with Crippen molar-refractivity contribution in [3.05, 3.63) is 28.2 Å². The number of benzene rings is 1. The molecule has 88 valence electrons. The number of Topliss-reactive ketones (excluding diaryl/α,β-unsaturated/α-hetero) is 1. The number of carbonyl (C=O) groups excluding carboxylic acids is 1. The van der Waals surface area contributed by atoms with Crippen LogP contribution in [0.15, 0.2) is 22.7 Å². The van der Waals surface area contributed by atoms with Gasteiger partial charge in [0.05, 0.1) is 18.1 Å². The van der Waals surface area contributed by atoms with Gasteiger partial charge >= 0.3 is 0 Å². The molecule has 0 N–H and O–H groups in total. The molecular weight excluding hydrogens is 270 g/mol. The number of likely N-dealkylation sites (N-methyl/N-ethyl adjacent to an activating group) is 1. The Bertz CT molecular complexity index is 377. The van der Waals surface area contributed by atoms with Gasteiger partial charge in [0.15, 0.2) is 5.78 Å². The van der Waals surface area contributed by atoms with E-state index in [0.717, 1.165) is 15.8 Å². The van der Waals surface area contributed by atoms with E-state index in [1.54, 1.807) is 7.11 Å². The van der Waals surface area contributed by atoms with E-state index in [4.69, 9.17) is 4.74 Å². The molecule has 0 aliphatic carbocycles. The molecule has 4 heteroatoms. The second kappa shape index (κ2) is 6.01. The molecule has 0 bridgehead atoms. The van der Waals surface area contributed by atoms with Crippen LogP contribution >= 0.6 is 15.9 Å². The lowest BCUT2D eigenvalue weighted by atomic mass is 10.1. The van der Waals surface area contributed by atoms with Crippen molar-refractivity contribution in [2.75, 3.05) is 27.7 Å². The standard InChI is InChI=1S/C12H16BrNO2/c1-14(2)8-10(15)6-9-4-5-12(16-3)11(13)7-9/h4-5,7H,6,8H2,1-3H3. The van der Waals surface area contributed by atoms with Crippen LogP contribution in [0.5, 0.6) is 5.75 Å². The van der Waals surface area contributed by atoms with E-state index < -0.39 is 0 Å². The molecule has 0 saturated carbocycles. The summed E-state index contributed by atoms with van der Waals surface area (Å²) in [6.07, 6.45) is 0.459. The van der Waals surface area contributed by atoms with Crippen LogP contribution in [0, 0.1) is 0 Å². The summed E-state index contributed by atoms with van der Waals surface area (Å²) in [6, 6.07) is 5.70. The molecule has 0 amide bonds. The molecule has 0 heterocycles. The van der Waals surface area contributed by atoms with E-state index in [1.165, 1.54) is 0 Å². The number of carbonyl (C=O) groups is 1. The van der Waals surface area contributed by atoms with Gasteiger partial charge in [-0.2, -0.15) is 0 Å². The van der Waals surface area contributed by atoms with Crippen molar-refractivity contribution < 1.29 is 9.53 Å². The molecule has 1 rings (SSSR count). The Morgan fingerprint density at radius 2 is 2.12 bits per heavy atom. The van der Waals surface area contributed by atoms with Crippen LogP contribution in [-0.4, -0.2) is 38.4 Å². The average molecular weight is 286 g/mol. The van der Waals surface area contributed by atoms with Crippen LogP contribution in [0.2, 0.25) is 0 Å². The lowest BCUT2D eigenvalue weighted by molar-refractivity contribution is -0.119. The molecule has 16 heavy (non-hydrogen) atoms. The van der Waals surface area contributed by atoms with Crippen molar-refractivity contribution in [3.8, 4) is 5.75 Å². The molecule has 0 fully saturated rings. The van der Waals surface area contributed by atoms with E-state index in [1.807, 2.05) is 37.2 Å². The number of ketones is 1. The van der Waals surface area contributed by atoms with Gasteiger partial charge in [0.2, 0.25) is 0 Å². The van der Waals surface area contributed by atoms with Gasteiger partial charge in [0.1, 0.15) is 5.75 Å². The Labute approximate surface area is 105 Å². The SMILES string of the molecule is COc1ccc(CC(=O)CN(C)C)cc1Br. The first-order valence-electron chi connectivity index (χ1n) is 5.01. The Morgan fingerprint density at radius 1 is 1.44 bits per heavy atom. The van der Waals surface area contributed by atoms with Gasteiger partial charge in [0.25, 0.3) is 0 Å². The zero-order valence-electron chi connectivity index (χ0n) is 9.79. The summed E-state index contributed by atoms with van der Waals surface area (Å²) in [5, 5.41) is 0. The summed E-state index contributed by atoms with van der Waals surface area (Å²) in [5.74, 6) is 0.992. The van der Waals surface area contributed by atoms with Gasteiger partial charge in [-0.1, -0.05) is 6.07 Å². The third kappa shape index (κ3) is 3.94. The molecule has 0 unspecified atom stereocenters. The summed E-state index contributed by atoms with van der Waals surface area (Å²) in [4.78, 5) is 13.5. The number of ether oxygens (including phenoxy) is 1. The molecule has 0 aromatic heterocycles. The highest BCUT2D eigenvalue weighted by Crippen LogP contribution is 2.25. The summed E-state index contributed by atoms with van der Waals surface area (Å²) in [6.45, 7) is 0.476. The van der Waals surface area contributed by atoms with Crippen LogP contribution in [-0.2, 0) is 11.2 Å². The minimum Gasteiger partial charge on any atom is -0.496 e. The van der Waals surface area contributed by atoms with Gasteiger partial charge in [-0.25, -0.2) is 0 Å². The van der Waals surface area contributed by atoms with Crippen LogP contribution in [0.25, 0.3) is 0 Å². The fraction of sp³-hybridized carbons (Fsp3) is 0.417. The van der Waals surface area contributed by atoms with Gasteiger partial charge in [-0.3, -0.25) is 4.79 Å². The second-order valence-corrected chi connectivity index (χ2v) is 4.78. The number of nitrogens with zero attached hydrogens (tertiary/aromatic N) is 1. The molecule has 0 spiro atoms. The number of rotatable bonds is 5. The smallest absolute Gasteiger partial charge is 0.151 e. The summed E-state index contributed by atoms with van der Waals surface area (Å²) >= 11 is 3.40. The van der Waals surface area contributed by atoms with E-state index >= 15 is 0 Å². The van der Waals surface area contributed by atoms with Crippen molar-refractivity contribution in [2.24, 2.45) is 0 Å². The van der Waals surface area contributed by atoms with Crippen LogP contribution in [0.4, 0.5) is 0 Å². The molecule has 1 aromatic carbocycles. The maximum absolute atomic E-state index is 11.6. The Morgan fingerprint density at radius 3 is 2.62 bits per heavy atom. The lowest BCUT2D eigenvalue weighted by Crippen LogP contribution is -2.22. The number of hydrogen-bond donors (Lipinski definition) is 0. The molecule has 0 radical (unpaired) electrons. The zero-order chi connectivity index (χ0) is 12.1. The summed E-state index contributed by atoms with van der Waals surface area (Å²) < 4.78 is 6.01. The number of methoxy groups -OCH3 is 1. The number of halogens is 1. The van der Waals surface area contributed by atoms with Crippen molar-refractivity contribution in [2.45, 2.75) is 6.42 Å². The quantitative estimate of drug-likeness (QED) is 0.830. The van der Waals surface area contributed by atoms with E-state index in [9.17, 15) is 4.79 Å². The molecule has 0 aliphatic rings. The summed E-state index contributed by atoms with van der Waals surface area (Å²) in [5.41, 5.74) is 1.000. The van der Waals surface area contributed by atoms with Crippen LogP contribution < -0.4 is 4.74 Å². The summed E-state index contributed by atoms with van der Waals surface area (Å²) in [7, 11) is 5.40. The zero-order valence-corrected chi connectivity index (χ0v) is 11.4. The van der Waals surface area contributed by atoms with Gasteiger partial charge in [0, 0.05) is 6.42 Å². The van der Waals surface area contributed by atoms with Gasteiger partial charge < -0.3 is 9.64 Å². The normalized spacial score (nSPS) is 10.6. The Kier molecular flexibility index (Phi) is 4.96. The molecule has 0 saturated heterocycles. The van der Waals surface area contributed by atoms with Crippen LogP contribution in [0.3, 0.4) is 0 Å². The third-order valence-corrected chi connectivity index (χ3v) is 2.73. The molecule has 0 atom stereocenters. The molecule has 1 aromatic rings. The molecule has 0 aliphatic heterocycles. The van der Waals surface area contributed by atoms with E-state index in [2.05, 4.69) is 15.9 Å². The van der Waals surface area contributed by atoms with Crippen molar-refractivity contribution >= 4 is 21.7 Å². The van der Waals surface area contributed by atoms with Gasteiger partial charge in [-0.05, 0) is 47.7 Å². The van der Waals surface area contributed by atoms with Crippen LogP contribution in [0.1, 0.15) is 5.56 Å². The predicted molar refractivity (Wildman–Crippen MR) is 68.0 cm³/mol. The predicted octanol–water partition coefficient (Wildman–Crippen LogP) is 2.13. The lowest BCUT2D eigenvalue weighted by Gasteiger charge is -2.09. The topological polar surface area (TPSA) is 29.5 Å². The maximum atomic E-state index is 11.6. The van der Waals surface area contributed by atoms with Crippen molar-refractivity contribution in [1.29, 1.82) is 0 Å². The monoisotopic (exact) mass is 285 g/mol. The largest absolute Gasteiger partial charge is 0.496 e. The first-order chi connectivity index (χ1) is 7.52. The Hall–Kier alpha value is -0.870. The van der Waals surface area contributed by atoms with Gasteiger partial charge in [-0.15, -0.1) is 0 Å². The molecule has 3 nitrogen and oxygen atoms in total. The highest BCUT2D eigenvalue weighted by atomic mass is 79.9. The fourth-order valence-electron chi connectivity index (χ4n) is 1.46. The minimum absolute atomic E-state index is 0.210. The van der Waals surface area contributed by atoms with E-state index in [0.29, 0.717) is 13.0 Å². The highest BCUT2D eigenvalue weighted by Gasteiger charge is 2.07. The minimum atomic E-state index is 0.210. The van der Waals surface area contributed by atoms with Crippen molar-refractivity contribution in [3.63, 3.8) is 0 Å². The van der Waals surface area contributed by atoms with Crippen molar-refractivity contribution in [1.82, 2.24) is 4.90 Å². The highest BCUT2D eigenvalue weighted by molar-refractivity contribution is 9.10. The van der Waals surface area contributed by atoms with E-state index in [-0.39, 0.29) is 5.78 Å². The Balaban J connectivity index is 2.68. The second-order valence-electron chi connectivity index (χ2n) is 3.92. The third-order valence-electron chi connectivity index (χ3n) is 2.11. The first-order valence-corrected chi connectivity index (χ1v) is 5.81. The maximum Gasteiger partial charge on any atom is 0.151 e.